The van der Waals surface area contributed by atoms with E-state index in [0.29, 0.717) is 12.4 Å². The molecule has 0 aliphatic rings. The van der Waals surface area contributed by atoms with Crippen LogP contribution in [0.5, 0.6) is 5.75 Å². The second-order valence-electron chi connectivity index (χ2n) is 4.97. The number of benzene rings is 2. The fourth-order valence-electron chi connectivity index (χ4n) is 2.10. The maximum atomic E-state index is 11.7. The van der Waals surface area contributed by atoms with Crippen LogP contribution < -0.4 is 4.74 Å². The second-order valence-corrected chi connectivity index (χ2v) is 4.97. The summed E-state index contributed by atoms with van der Waals surface area (Å²) in [6.07, 6.45) is 1.09. The van der Waals surface area contributed by atoms with Crippen molar-refractivity contribution in [3.63, 3.8) is 0 Å². The van der Waals surface area contributed by atoms with Gasteiger partial charge in [-0.05, 0) is 30.2 Å². The van der Waals surface area contributed by atoms with E-state index in [2.05, 4.69) is 0 Å². The lowest BCUT2D eigenvalue weighted by Gasteiger charge is -2.09. The highest BCUT2D eigenvalue weighted by atomic mass is 16.5. The normalized spacial score (nSPS) is 11.1. The van der Waals surface area contributed by atoms with Gasteiger partial charge in [0.15, 0.2) is 0 Å². The third-order valence-corrected chi connectivity index (χ3v) is 3.23. The summed E-state index contributed by atoms with van der Waals surface area (Å²) < 4.78 is 10.7. The Labute approximate surface area is 136 Å². The lowest BCUT2D eigenvalue weighted by atomic mass is 10.1. The summed E-state index contributed by atoms with van der Waals surface area (Å²) in [6.45, 7) is 2.48. The summed E-state index contributed by atoms with van der Waals surface area (Å²) in [5, 5.41) is 9.21. The number of aliphatic hydroxyl groups excluding tert-OH is 1. The zero-order chi connectivity index (χ0) is 16.5. The van der Waals surface area contributed by atoms with Crippen LogP contribution in [0.1, 0.15) is 18.1 Å². The number of rotatable bonds is 7. The van der Waals surface area contributed by atoms with Crippen LogP contribution in [0.4, 0.5) is 0 Å². The van der Waals surface area contributed by atoms with Gasteiger partial charge in [0.2, 0.25) is 0 Å². The molecule has 0 bridgehead atoms. The largest absolute Gasteiger partial charge is 0.515 e. The van der Waals surface area contributed by atoms with Crippen LogP contribution in [0.15, 0.2) is 66.4 Å². The highest BCUT2D eigenvalue weighted by Crippen LogP contribution is 2.18. The molecule has 0 unspecified atom stereocenters. The van der Waals surface area contributed by atoms with Crippen molar-refractivity contribution >= 4 is 5.97 Å². The molecule has 2 rings (SSSR count). The lowest BCUT2D eigenvalue weighted by Crippen LogP contribution is -2.10. The van der Waals surface area contributed by atoms with E-state index in [1.165, 1.54) is 0 Å². The predicted molar refractivity (Wildman–Crippen MR) is 88.3 cm³/mol. The lowest BCUT2D eigenvalue weighted by molar-refractivity contribution is -0.138. The van der Waals surface area contributed by atoms with Crippen molar-refractivity contribution in [1.29, 1.82) is 0 Å². The summed E-state index contributed by atoms with van der Waals surface area (Å²) in [5.74, 6) is 0.207. The molecular formula is C19H20O4. The molecule has 0 amide bonds. The molecule has 2 aromatic rings. The van der Waals surface area contributed by atoms with E-state index in [1.54, 1.807) is 6.92 Å². The fraction of sp³-hybridized carbons (Fsp3) is 0.211. The van der Waals surface area contributed by atoms with Crippen LogP contribution in [0.3, 0.4) is 0 Å². The molecule has 23 heavy (non-hydrogen) atoms. The molecule has 4 nitrogen and oxygen atoms in total. The number of carbonyl (C=O) groups is 1. The Bertz CT molecular complexity index is 662. The van der Waals surface area contributed by atoms with Crippen LogP contribution >= 0.6 is 0 Å². The molecule has 120 valence electrons. The summed E-state index contributed by atoms with van der Waals surface area (Å²) in [4.78, 5) is 11.7. The Morgan fingerprint density at radius 2 is 1.83 bits per heavy atom. The summed E-state index contributed by atoms with van der Waals surface area (Å²) in [5.41, 5.74) is 2.16. The molecule has 0 aromatic heterocycles. The zero-order valence-corrected chi connectivity index (χ0v) is 13.1. The highest BCUT2D eigenvalue weighted by molar-refractivity contribution is 5.88. The van der Waals surface area contributed by atoms with E-state index in [-0.39, 0.29) is 18.6 Å². The molecular weight excluding hydrogens is 292 g/mol. The molecule has 0 saturated carbocycles. The van der Waals surface area contributed by atoms with Crippen LogP contribution in [0.2, 0.25) is 0 Å². The third-order valence-electron chi connectivity index (χ3n) is 3.23. The minimum atomic E-state index is -0.509. The average Bonchev–Trinajstić information content (AvgIpc) is 2.59. The Morgan fingerprint density at radius 3 is 2.52 bits per heavy atom. The summed E-state index contributed by atoms with van der Waals surface area (Å²) in [6, 6.07) is 17.3. The molecule has 0 heterocycles. The van der Waals surface area contributed by atoms with Crippen LogP contribution in [-0.2, 0) is 22.6 Å². The Hall–Kier alpha value is -2.75. The van der Waals surface area contributed by atoms with Gasteiger partial charge in [-0.3, -0.25) is 0 Å². The van der Waals surface area contributed by atoms with Crippen molar-refractivity contribution in [2.24, 2.45) is 0 Å². The van der Waals surface area contributed by atoms with Crippen LogP contribution in [0, 0.1) is 0 Å². The van der Waals surface area contributed by atoms with Crippen molar-refractivity contribution in [3.05, 3.63) is 77.6 Å². The van der Waals surface area contributed by atoms with E-state index in [1.807, 2.05) is 54.6 Å². The maximum Gasteiger partial charge on any atom is 0.337 e. The van der Waals surface area contributed by atoms with Gasteiger partial charge in [-0.15, -0.1) is 0 Å². The fourth-order valence-corrected chi connectivity index (χ4v) is 2.10. The van der Waals surface area contributed by atoms with Gasteiger partial charge in [-0.25, -0.2) is 4.79 Å². The SMILES string of the molecule is CCOC(=O)/C(=C/O)Cc1cccc(OCc2ccccc2)c1. The molecule has 0 aliphatic carbocycles. The molecule has 2 aromatic carbocycles. The number of aliphatic hydroxyl groups is 1. The minimum absolute atomic E-state index is 0.215. The van der Waals surface area contributed by atoms with E-state index < -0.39 is 5.97 Å². The topological polar surface area (TPSA) is 55.8 Å². The predicted octanol–water partition coefficient (Wildman–Crippen LogP) is 3.81. The molecule has 1 N–H and O–H groups in total. The number of esters is 1. The van der Waals surface area contributed by atoms with Crippen molar-refractivity contribution in [3.8, 4) is 5.75 Å². The number of carbonyl (C=O) groups excluding carboxylic acids is 1. The van der Waals surface area contributed by atoms with Crippen LogP contribution in [-0.4, -0.2) is 17.7 Å². The Kier molecular flexibility index (Phi) is 6.24. The van der Waals surface area contributed by atoms with Gasteiger partial charge in [0.25, 0.3) is 0 Å². The first-order chi connectivity index (χ1) is 11.2. The smallest absolute Gasteiger partial charge is 0.337 e. The van der Waals surface area contributed by atoms with E-state index in [9.17, 15) is 9.90 Å². The first-order valence-corrected chi connectivity index (χ1v) is 7.49. The van der Waals surface area contributed by atoms with E-state index in [4.69, 9.17) is 9.47 Å². The van der Waals surface area contributed by atoms with Gasteiger partial charge in [-0.2, -0.15) is 0 Å². The Morgan fingerprint density at radius 1 is 1.09 bits per heavy atom. The first-order valence-electron chi connectivity index (χ1n) is 7.49. The van der Waals surface area contributed by atoms with E-state index >= 15 is 0 Å². The van der Waals surface area contributed by atoms with Gasteiger partial charge in [0.05, 0.1) is 18.4 Å². The standard InChI is InChI=1S/C19H20O4/c1-2-22-19(21)17(13-20)11-16-9-6-10-18(12-16)23-14-15-7-4-3-5-8-15/h3-10,12-13,20H,2,11,14H2,1H3/b17-13+. The molecule has 0 aliphatic heterocycles. The number of hydrogen-bond donors (Lipinski definition) is 1. The summed E-state index contributed by atoms with van der Waals surface area (Å²) in [7, 11) is 0. The Balaban J connectivity index is 2.00. The number of ether oxygens (including phenoxy) is 2. The van der Waals surface area contributed by atoms with Gasteiger partial charge in [0.1, 0.15) is 12.4 Å². The average molecular weight is 312 g/mol. The number of hydrogen-bond acceptors (Lipinski definition) is 4. The van der Waals surface area contributed by atoms with Gasteiger partial charge < -0.3 is 14.6 Å². The van der Waals surface area contributed by atoms with Gasteiger partial charge in [-0.1, -0.05) is 42.5 Å². The maximum absolute atomic E-state index is 11.7. The van der Waals surface area contributed by atoms with Crippen molar-refractivity contribution in [2.75, 3.05) is 6.61 Å². The molecule has 4 heteroatoms. The monoisotopic (exact) mass is 312 g/mol. The third kappa shape index (κ3) is 5.18. The van der Waals surface area contributed by atoms with Gasteiger partial charge >= 0.3 is 5.97 Å². The molecule has 0 spiro atoms. The molecule has 0 radical (unpaired) electrons. The van der Waals surface area contributed by atoms with Crippen LogP contribution in [0.25, 0.3) is 0 Å². The molecule has 0 atom stereocenters. The highest BCUT2D eigenvalue weighted by Gasteiger charge is 2.12. The van der Waals surface area contributed by atoms with Crippen molar-refractivity contribution in [1.82, 2.24) is 0 Å². The molecule has 0 fully saturated rings. The van der Waals surface area contributed by atoms with Crippen molar-refractivity contribution < 1.29 is 19.4 Å². The summed E-state index contributed by atoms with van der Waals surface area (Å²) >= 11 is 0. The van der Waals surface area contributed by atoms with Gasteiger partial charge in [0, 0.05) is 6.42 Å². The van der Waals surface area contributed by atoms with E-state index in [0.717, 1.165) is 17.4 Å². The molecule has 0 saturated heterocycles. The zero-order valence-electron chi connectivity index (χ0n) is 13.1. The first kappa shape index (κ1) is 16.6. The quantitative estimate of drug-likeness (QED) is 0.480. The minimum Gasteiger partial charge on any atom is -0.515 e. The van der Waals surface area contributed by atoms with Crippen molar-refractivity contribution in [2.45, 2.75) is 20.0 Å². The second kappa shape index (κ2) is 8.63.